The van der Waals surface area contributed by atoms with E-state index in [9.17, 15) is 4.39 Å². The number of allylic oxidation sites excluding steroid dienone is 2. The fourth-order valence-corrected chi connectivity index (χ4v) is 4.55. The van der Waals surface area contributed by atoms with Gasteiger partial charge in [0.2, 0.25) is 0 Å². The number of nitrogen functional groups attached to an aromatic ring is 1. The highest BCUT2D eigenvalue weighted by Crippen LogP contribution is 2.40. The van der Waals surface area contributed by atoms with Crippen molar-refractivity contribution in [1.29, 1.82) is 0 Å². The molecule has 0 radical (unpaired) electrons. The molecule has 0 saturated heterocycles. The van der Waals surface area contributed by atoms with Crippen molar-refractivity contribution in [3.05, 3.63) is 81.3 Å². The quantitative estimate of drug-likeness (QED) is 0.400. The van der Waals surface area contributed by atoms with Gasteiger partial charge in [0, 0.05) is 17.6 Å². The minimum Gasteiger partial charge on any atom is -0.459 e. The van der Waals surface area contributed by atoms with Crippen molar-refractivity contribution in [1.82, 2.24) is 19.7 Å². The second kappa shape index (κ2) is 7.35. The summed E-state index contributed by atoms with van der Waals surface area (Å²) in [5.74, 6) is 1.52. The Morgan fingerprint density at radius 1 is 1.17 bits per heavy atom. The third-order valence-electron chi connectivity index (χ3n) is 5.25. The molecule has 0 aliphatic carbocycles. The number of rotatable bonds is 3. The predicted octanol–water partition coefficient (Wildman–Crippen LogP) is 4.76. The minimum atomic E-state index is -0.277. The lowest BCUT2D eigenvalue weighted by atomic mass is 9.92. The van der Waals surface area contributed by atoms with Crippen molar-refractivity contribution in [3.8, 4) is 5.75 Å². The van der Waals surface area contributed by atoms with Gasteiger partial charge in [-0.1, -0.05) is 30.3 Å². The van der Waals surface area contributed by atoms with Gasteiger partial charge in [0.1, 0.15) is 39.2 Å². The summed E-state index contributed by atoms with van der Waals surface area (Å²) < 4.78 is 22.7. The molecular weight excluding hydrogens is 496 g/mol. The summed E-state index contributed by atoms with van der Waals surface area (Å²) in [6, 6.07) is 14.3. The van der Waals surface area contributed by atoms with Gasteiger partial charge >= 0.3 is 0 Å². The molecule has 0 spiro atoms. The lowest BCUT2D eigenvalue weighted by Gasteiger charge is -2.27. The molecule has 30 heavy (non-hydrogen) atoms. The van der Waals surface area contributed by atoms with E-state index in [4.69, 9.17) is 10.5 Å². The molecule has 2 aromatic carbocycles. The summed E-state index contributed by atoms with van der Waals surface area (Å²) in [7, 11) is 0. The monoisotopic (exact) mass is 513 g/mol. The summed E-state index contributed by atoms with van der Waals surface area (Å²) in [6.07, 6.45) is 2.00. The lowest BCUT2D eigenvalue weighted by Crippen LogP contribution is -2.20. The van der Waals surface area contributed by atoms with E-state index in [2.05, 4.69) is 37.7 Å². The maximum Gasteiger partial charge on any atom is 0.165 e. The van der Waals surface area contributed by atoms with Gasteiger partial charge in [-0.25, -0.2) is 19.0 Å². The maximum atomic E-state index is 13.8. The molecule has 0 amide bonds. The van der Waals surface area contributed by atoms with Crippen molar-refractivity contribution in [2.24, 2.45) is 0 Å². The van der Waals surface area contributed by atoms with Crippen LogP contribution in [0.1, 0.15) is 24.1 Å². The van der Waals surface area contributed by atoms with Crippen molar-refractivity contribution < 1.29 is 9.13 Å². The Morgan fingerprint density at radius 3 is 2.77 bits per heavy atom. The molecule has 4 aromatic rings. The second-order valence-corrected chi connectivity index (χ2v) is 8.13. The van der Waals surface area contributed by atoms with Crippen LogP contribution >= 0.6 is 22.6 Å². The third kappa shape index (κ3) is 3.11. The number of nitrogens with two attached hydrogens (primary N) is 1. The summed E-state index contributed by atoms with van der Waals surface area (Å²) in [5.41, 5.74) is 9.53. The first-order valence-corrected chi connectivity index (χ1v) is 10.5. The molecule has 1 aliphatic heterocycles. The first-order chi connectivity index (χ1) is 14.5. The van der Waals surface area contributed by atoms with Crippen LogP contribution < -0.4 is 10.5 Å². The molecule has 0 saturated carbocycles. The average Bonchev–Trinajstić information content (AvgIpc) is 3.10. The largest absolute Gasteiger partial charge is 0.459 e. The number of aromatic nitrogens is 4. The fraction of sp³-hybridized carbons (Fsp3) is 0.136. The first-order valence-electron chi connectivity index (χ1n) is 9.42. The SMILES string of the molecule is CC(C1=C(c2ccccc2)Cc2cc(F)ccc2O1)n1nc(I)c2c(N)ncnc21. The summed E-state index contributed by atoms with van der Waals surface area (Å²) in [6.45, 7) is 2.01. The Labute approximate surface area is 185 Å². The molecule has 5 rings (SSSR count). The minimum absolute atomic E-state index is 0.265. The van der Waals surface area contributed by atoms with Crippen LogP contribution in [0.4, 0.5) is 10.2 Å². The Morgan fingerprint density at radius 2 is 1.97 bits per heavy atom. The standard InChI is InChI=1S/C22H17FIN5O/c1-12(29-22-18(20(24)28-29)21(25)26-11-27-22)19-16(13-5-3-2-4-6-13)10-14-9-15(23)7-8-17(14)30-19/h2-9,11-12H,10H2,1H3,(H2,25,26,27). The van der Waals surface area contributed by atoms with Gasteiger partial charge in [-0.2, -0.15) is 5.10 Å². The molecule has 2 aromatic heterocycles. The van der Waals surface area contributed by atoms with Gasteiger partial charge in [-0.3, -0.25) is 0 Å². The zero-order valence-corrected chi connectivity index (χ0v) is 18.2. The number of halogens is 2. The molecule has 2 N–H and O–H groups in total. The Balaban J connectivity index is 1.69. The Hall–Kier alpha value is -3.01. The maximum absolute atomic E-state index is 13.8. The van der Waals surface area contributed by atoms with Crippen LogP contribution in [0.5, 0.6) is 5.75 Å². The van der Waals surface area contributed by atoms with Gasteiger partial charge in [0.15, 0.2) is 5.65 Å². The van der Waals surface area contributed by atoms with Gasteiger partial charge in [-0.05, 0) is 53.3 Å². The molecule has 150 valence electrons. The number of hydrogen-bond acceptors (Lipinski definition) is 5. The third-order valence-corrected chi connectivity index (χ3v) is 6.01. The van der Waals surface area contributed by atoms with Crippen LogP contribution in [-0.2, 0) is 6.42 Å². The van der Waals surface area contributed by atoms with Crippen molar-refractivity contribution in [2.45, 2.75) is 19.4 Å². The van der Waals surface area contributed by atoms with Crippen LogP contribution in [-0.4, -0.2) is 19.7 Å². The molecule has 0 bridgehead atoms. The van der Waals surface area contributed by atoms with Crippen LogP contribution in [0.2, 0.25) is 0 Å². The zero-order valence-electron chi connectivity index (χ0n) is 16.0. The van der Waals surface area contributed by atoms with Crippen LogP contribution in [0.3, 0.4) is 0 Å². The Kier molecular flexibility index (Phi) is 4.65. The molecule has 0 fully saturated rings. The van der Waals surface area contributed by atoms with E-state index in [1.165, 1.54) is 18.5 Å². The molecule has 1 atom stereocenters. The van der Waals surface area contributed by atoms with Crippen LogP contribution in [0, 0.1) is 9.52 Å². The predicted molar refractivity (Wildman–Crippen MR) is 121 cm³/mol. The first kappa shape index (κ1) is 19.0. The molecule has 1 aliphatic rings. The summed E-state index contributed by atoms with van der Waals surface area (Å²) in [4.78, 5) is 8.49. The molecule has 1 unspecified atom stereocenters. The van der Waals surface area contributed by atoms with Crippen molar-refractivity contribution >= 4 is 45.0 Å². The highest BCUT2D eigenvalue weighted by Gasteiger charge is 2.28. The highest BCUT2D eigenvalue weighted by atomic mass is 127. The van der Waals surface area contributed by atoms with E-state index in [0.29, 0.717) is 23.6 Å². The summed E-state index contributed by atoms with van der Waals surface area (Å²) in [5, 5.41) is 5.40. The van der Waals surface area contributed by atoms with Gasteiger partial charge in [-0.15, -0.1) is 0 Å². The fourth-order valence-electron chi connectivity index (χ4n) is 3.80. The molecular formula is C22H17FIN5O. The van der Waals surface area contributed by atoms with Gasteiger partial charge < -0.3 is 10.5 Å². The second-order valence-electron chi connectivity index (χ2n) is 7.11. The Bertz CT molecular complexity index is 1300. The average molecular weight is 513 g/mol. The van der Waals surface area contributed by atoms with E-state index in [0.717, 1.165) is 31.5 Å². The van der Waals surface area contributed by atoms with Crippen molar-refractivity contribution in [2.75, 3.05) is 5.73 Å². The highest BCUT2D eigenvalue weighted by molar-refractivity contribution is 14.1. The van der Waals surface area contributed by atoms with E-state index < -0.39 is 0 Å². The van der Waals surface area contributed by atoms with Gasteiger partial charge in [0.25, 0.3) is 0 Å². The zero-order chi connectivity index (χ0) is 20.8. The van der Waals surface area contributed by atoms with Gasteiger partial charge in [0.05, 0.1) is 5.39 Å². The molecule has 8 heteroatoms. The topological polar surface area (TPSA) is 78.9 Å². The van der Waals surface area contributed by atoms with E-state index in [1.54, 1.807) is 6.07 Å². The van der Waals surface area contributed by atoms with Crippen LogP contribution in [0.15, 0.2) is 60.6 Å². The smallest absolute Gasteiger partial charge is 0.165 e. The number of ether oxygens (including phenoxy) is 1. The van der Waals surface area contributed by atoms with Crippen molar-refractivity contribution in [3.63, 3.8) is 0 Å². The number of hydrogen-bond donors (Lipinski definition) is 1. The number of benzene rings is 2. The number of anilines is 1. The normalized spacial score (nSPS) is 14.5. The molecule has 3 heterocycles. The lowest BCUT2D eigenvalue weighted by molar-refractivity contribution is 0.337. The summed E-state index contributed by atoms with van der Waals surface area (Å²) >= 11 is 2.14. The van der Waals surface area contributed by atoms with E-state index in [1.807, 2.05) is 41.9 Å². The van der Waals surface area contributed by atoms with E-state index in [-0.39, 0.29) is 11.9 Å². The van der Waals surface area contributed by atoms with Crippen LogP contribution in [0.25, 0.3) is 16.6 Å². The molecule has 6 nitrogen and oxygen atoms in total. The van der Waals surface area contributed by atoms with E-state index >= 15 is 0 Å². The number of fused-ring (bicyclic) bond motifs is 2. The number of nitrogens with zero attached hydrogens (tertiary/aromatic N) is 4.